The Balaban J connectivity index is 1.60. The molecule has 5 rings (SSSR count). The highest BCUT2D eigenvalue weighted by Gasteiger charge is 2.41. The number of hydrogen-bond acceptors (Lipinski definition) is 4. The van der Waals surface area contributed by atoms with Gasteiger partial charge in [-0.3, -0.25) is 4.98 Å². The van der Waals surface area contributed by atoms with E-state index in [-0.39, 0.29) is 12.1 Å². The number of benzene rings is 1. The molecule has 33 heavy (non-hydrogen) atoms. The Kier molecular flexibility index (Phi) is 5.64. The van der Waals surface area contributed by atoms with Crippen molar-refractivity contribution in [1.29, 1.82) is 0 Å². The highest BCUT2D eigenvalue weighted by Crippen LogP contribution is 2.42. The minimum Gasteiger partial charge on any atom is -0.497 e. The Hall–Kier alpha value is -3.58. The average molecular weight is 459 g/mol. The molecular weight excluding hydrogens is 432 g/mol. The molecule has 3 aromatic heterocycles. The number of nitrogens with zero attached hydrogens (tertiary/aromatic N) is 3. The Morgan fingerprint density at radius 1 is 1.09 bits per heavy atom. The Morgan fingerprint density at radius 2 is 1.91 bits per heavy atom. The summed E-state index contributed by atoms with van der Waals surface area (Å²) in [4.78, 5) is 6.85. The second-order valence-electron chi connectivity index (χ2n) is 8.19. The predicted molar refractivity (Wildman–Crippen MR) is 131 cm³/mol. The third-order valence-corrected chi connectivity index (χ3v) is 6.58. The molecule has 0 saturated carbocycles. The monoisotopic (exact) mass is 458 g/mol. The second kappa shape index (κ2) is 8.75. The van der Waals surface area contributed by atoms with Crippen LogP contribution in [0.25, 0.3) is 5.69 Å². The number of rotatable bonds is 6. The molecular formula is C26H26N4O2S. The van der Waals surface area contributed by atoms with E-state index in [1.54, 1.807) is 13.4 Å². The van der Waals surface area contributed by atoms with Gasteiger partial charge in [0.05, 0.1) is 37.7 Å². The van der Waals surface area contributed by atoms with Crippen LogP contribution in [0.15, 0.2) is 77.5 Å². The van der Waals surface area contributed by atoms with Crippen LogP contribution in [-0.2, 0) is 6.54 Å². The van der Waals surface area contributed by atoms with Gasteiger partial charge in [-0.2, -0.15) is 0 Å². The van der Waals surface area contributed by atoms with Gasteiger partial charge < -0.3 is 23.9 Å². The molecule has 168 valence electrons. The topological polar surface area (TPSA) is 55.5 Å². The first-order chi connectivity index (χ1) is 16.1. The van der Waals surface area contributed by atoms with E-state index in [4.69, 9.17) is 21.4 Å². The number of nitrogens with one attached hydrogen (secondary N) is 1. The number of methoxy groups -OCH3 is 1. The summed E-state index contributed by atoms with van der Waals surface area (Å²) in [5.41, 5.74) is 5.58. The molecule has 1 aromatic carbocycles. The van der Waals surface area contributed by atoms with Crippen LogP contribution >= 0.6 is 12.2 Å². The second-order valence-corrected chi connectivity index (χ2v) is 8.58. The van der Waals surface area contributed by atoms with Crippen molar-refractivity contribution in [2.45, 2.75) is 32.5 Å². The number of furan rings is 1. The molecule has 2 unspecified atom stereocenters. The molecule has 7 heteroatoms. The lowest BCUT2D eigenvalue weighted by Gasteiger charge is -2.27. The normalized spacial score (nSPS) is 17.9. The average Bonchev–Trinajstić information content (AvgIpc) is 3.54. The lowest BCUT2D eigenvalue weighted by Crippen LogP contribution is -2.29. The van der Waals surface area contributed by atoms with Crippen LogP contribution in [0.4, 0.5) is 0 Å². The van der Waals surface area contributed by atoms with Gasteiger partial charge in [-0.1, -0.05) is 6.07 Å². The van der Waals surface area contributed by atoms with Gasteiger partial charge in [0.1, 0.15) is 11.5 Å². The highest BCUT2D eigenvalue weighted by molar-refractivity contribution is 7.80. The maximum atomic E-state index is 5.80. The summed E-state index contributed by atoms with van der Waals surface area (Å²) in [6.45, 7) is 4.88. The molecule has 1 aliphatic heterocycles. The van der Waals surface area contributed by atoms with Gasteiger partial charge in [0.25, 0.3) is 0 Å². The first kappa shape index (κ1) is 21.3. The molecule has 2 atom stereocenters. The van der Waals surface area contributed by atoms with Crippen molar-refractivity contribution in [3.8, 4) is 11.4 Å². The third kappa shape index (κ3) is 3.89. The SMILES string of the molecule is COc1ccc(-n2c(C)cc(C3C(c4ccccn4)NC(=S)N3Cc3ccco3)c2C)cc1. The van der Waals surface area contributed by atoms with Crippen molar-refractivity contribution in [3.05, 3.63) is 102 Å². The van der Waals surface area contributed by atoms with E-state index in [0.29, 0.717) is 11.7 Å². The quantitative estimate of drug-likeness (QED) is 0.398. The number of thiocarbonyl (C=S) groups is 1. The molecule has 0 spiro atoms. The number of hydrogen-bond donors (Lipinski definition) is 1. The fraction of sp³-hybridized carbons (Fsp3) is 0.231. The molecule has 4 aromatic rings. The van der Waals surface area contributed by atoms with Crippen molar-refractivity contribution in [1.82, 2.24) is 19.8 Å². The number of aryl methyl sites for hydroxylation is 1. The van der Waals surface area contributed by atoms with E-state index in [0.717, 1.165) is 28.6 Å². The molecule has 1 fully saturated rings. The Bertz CT molecular complexity index is 1250. The van der Waals surface area contributed by atoms with Gasteiger partial charge in [-0.05, 0) is 86.2 Å². The molecule has 1 aliphatic rings. The lowest BCUT2D eigenvalue weighted by atomic mass is 9.96. The van der Waals surface area contributed by atoms with Gasteiger partial charge in [0.2, 0.25) is 0 Å². The molecule has 1 N–H and O–H groups in total. The standard InChI is InChI=1S/C26H26N4O2S/c1-17-15-22(18(2)30(17)19-9-11-20(31-3)12-10-19)25-24(23-8-4-5-13-27-23)28-26(33)29(25)16-21-7-6-14-32-21/h4-15,24-25H,16H2,1-3H3,(H,28,33). The van der Waals surface area contributed by atoms with Crippen molar-refractivity contribution in [2.24, 2.45) is 0 Å². The molecule has 0 aliphatic carbocycles. The van der Waals surface area contributed by atoms with Gasteiger partial charge in [0.15, 0.2) is 5.11 Å². The smallest absolute Gasteiger partial charge is 0.170 e. The van der Waals surface area contributed by atoms with Gasteiger partial charge in [-0.15, -0.1) is 0 Å². The fourth-order valence-corrected chi connectivity index (χ4v) is 5.01. The van der Waals surface area contributed by atoms with Gasteiger partial charge >= 0.3 is 0 Å². The Labute approximate surface area is 198 Å². The first-order valence-corrected chi connectivity index (χ1v) is 11.3. The third-order valence-electron chi connectivity index (χ3n) is 6.22. The molecule has 6 nitrogen and oxygen atoms in total. The Morgan fingerprint density at radius 3 is 2.58 bits per heavy atom. The van der Waals surface area contributed by atoms with Crippen LogP contribution in [0.3, 0.4) is 0 Å². The van der Waals surface area contributed by atoms with Crippen molar-refractivity contribution in [2.75, 3.05) is 7.11 Å². The summed E-state index contributed by atoms with van der Waals surface area (Å²) in [6, 6.07) is 20.2. The maximum absolute atomic E-state index is 5.80. The summed E-state index contributed by atoms with van der Waals surface area (Å²) in [7, 11) is 1.68. The van der Waals surface area contributed by atoms with Gasteiger partial charge in [-0.25, -0.2) is 0 Å². The highest BCUT2D eigenvalue weighted by atomic mass is 32.1. The van der Waals surface area contributed by atoms with E-state index < -0.39 is 0 Å². The van der Waals surface area contributed by atoms with E-state index in [2.05, 4.69) is 51.8 Å². The minimum atomic E-state index is -0.0709. The van der Waals surface area contributed by atoms with Crippen LogP contribution in [0.5, 0.6) is 5.75 Å². The summed E-state index contributed by atoms with van der Waals surface area (Å²) >= 11 is 5.80. The summed E-state index contributed by atoms with van der Waals surface area (Å²) in [6.07, 6.45) is 3.52. The van der Waals surface area contributed by atoms with E-state index in [1.165, 1.54) is 11.3 Å². The van der Waals surface area contributed by atoms with E-state index >= 15 is 0 Å². The fourth-order valence-electron chi connectivity index (χ4n) is 4.70. The van der Waals surface area contributed by atoms with Crippen LogP contribution in [0.2, 0.25) is 0 Å². The predicted octanol–water partition coefficient (Wildman–Crippen LogP) is 5.26. The summed E-state index contributed by atoms with van der Waals surface area (Å²) < 4.78 is 13.3. The summed E-state index contributed by atoms with van der Waals surface area (Å²) in [5, 5.41) is 4.22. The number of aromatic nitrogens is 2. The van der Waals surface area contributed by atoms with E-state index in [9.17, 15) is 0 Å². The van der Waals surface area contributed by atoms with Gasteiger partial charge in [0, 0.05) is 23.3 Å². The van der Waals surface area contributed by atoms with Crippen molar-refractivity contribution in [3.63, 3.8) is 0 Å². The largest absolute Gasteiger partial charge is 0.497 e. The molecule has 1 saturated heterocycles. The van der Waals surface area contributed by atoms with Crippen molar-refractivity contribution >= 4 is 17.3 Å². The van der Waals surface area contributed by atoms with Crippen LogP contribution < -0.4 is 10.1 Å². The van der Waals surface area contributed by atoms with Crippen LogP contribution in [-0.4, -0.2) is 26.7 Å². The zero-order valence-corrected chi connectivity index (χ0v) is 19.7. The van der Waals surface area contributed by atoms with Crippen molar-refractivity contribution < 1.29 is 9.15 Å². The van der Waals surface area contributed by atoms with Crippen LogP contribution in [0, 0.1) is 13.8 Å². The van der Waals surface area contributed by atoms with Crippen LogP contribution in [0.1, 0.15) is 40.5 Å². The first-order valence-electron chi connectivity index (χ1n) is 10.9. The zero-order chi connectivity index (χ0) is 22.9. The molecule has 0 amide bonds. The summed E-state index contributed by atoms with van der Waals surface area (Å²) in [5.74, 6) is 1.71. The molecule has 4 heterocycles. The zero-order valence-electron chi connectivity index (χ0n) is 18.9. The molecule has 0 bridgehead atoms. The molecule has 0 radical (unpaired) electrons. The number of ether oxygens (including phenoxy) is 1. The van der Waals surface area contributed by atoms with E-state index in [1.807, 2.05) is 48.7 Å². The maximum Gasteiger partial charge on any atom is 0.170 e. The minimum absolute atomic E-state index is 0.0318. The lowest BCUT2D eigenvalue weighted by molar-refractivity contribution is 0.286. The number of pyridine rings is 1.